The fraction of sp³-hybridized carbons (Fsp3) is 0.667. The van der Waals surface area contributed by atoms with Gasteiger partial charge < -0.3 is 10.1 Å². The highest BCUT2D eigenvalue weighted by Gasteiger charge is 2.34. The van der Waals surface area contributed by atoms with Gasteiger partial charge in [-0.3, -0.25) is 4.79 Å². The molecule has 2 aliphatic heterocycles. The van der Waals surface area contributed by atoms with E-state index in [1.807, 2.05) is 33.8 Å². The van der Waals surface area contributed by atoms with Crippen molar-refractivity contribution in [2.75, 3.05) is 26.2 Å². The Hall–Kier alpha value is -1.44. The molecular formula is C21H32N2O4S. The predicted molar refractivity (Wildman–Crippen MR) is 109 cm³/mol. The maximum atomic E-state index is 13.3. The minimum absolute atomic E-state index is 0.0197. The monoisotopic (exact) mass is 408 g/mol. The third-order valence-electron chi connectivity index (χ3n) is 6.25. The highest BCUT2D eigenvalue weighted by Crippen LogP contribution is 2.31. The van der Waals surface area contributed by atoms with E-state index in [9.17, 15) is 13.2 Å². The number of piperidine rings is 1. The zero-order chi connectivity index (χ0) is 20.5. The Kier molecular flexibility index (Phi) is 6.47. The van der Waals surface area contributed by atoms with Gasteiger partial charge in [0.2, 0.25) is 15.9 Å². The van der Waals surface area contributed by atoms with Gasteiger partial charge in [0.1, 0.15) is 0 Å². The van der Waals surface area contributed by atoms with Crippen LogP contribution in [0.2, 0.25) is 0 Å². The molecule has 1 unspecified atom stereocenters. The van der Waals surface area contributed by atoms with Crippen LogP contribution in [0.5, 0.6) is 0 Å². The van der Waals surface area contributed by atoms with Gasteiger partial charge in [-0.05, 0) is 75.6 Å². The van der Waals surface area contributed by atoms with Crippen LogP contribution in [0, 0.1) is 33.6 Å². The molecule has 1 aromatic carbocycles. The number of amides is 1. The van der Waals surface area contributed by atoms with Crippen molar-refractivity contribution in [2.24, 2.45) is 5.92 Å². The summed E-state index contributed by atoms with van der Waals surface area (Å²) < 4.78 is 33.7. The Morgan fingerprint density at radius 1 is 1.11 bits per heavy atom. The third-order valence-corrected chi connectivity index (χ3v) is 8.42. The molecule has 3 rings (SSSR count). The van der Waals surface area contributed by atoms with Gasteiger partial charge in [0.15, 0.2) is 0 Å². The minimum Gasteiger partial charge on any atom is -0.376 e. The molecular weight excluding hydrogens is 376 g/mol. The number of hydrogen-bond donors (Lipinski definition) is 1. The Labute approximate surface area is 168 Å². The fourth-order valence-corrected chi connectivity index (χ4v) is 6.26. The van der Waals surface area contributed by atoms with Crippen molar-refractivity contribution < 1.29 is 17.9 Å². The van der Waals surface area contributed by atoms with Gasteiger partial charge in [-0.2, -0.15) is 4.31 Å². The van der Waals surface area contributed by atoms with Gasteiger partial charge >= 0.3 is 0 Å². The zero-order valence-electron chi connectivity index (χ0n) is 17.4. The Morgan fingerprint density at radius 3 is 2.25 bits per heavy atom. The van der Waals surface area contributed by atoms with Crippen molar-refractivity contribution in [1.29, 1.82) is 0 Å². The molecule has 2 saturated heterocycles. The summed E-state index contributed by atoms with van der Waals surface area (Å²) in [4.78, 5) is 12.9. The fourth-order valence-electron chi connectivity index (χ4n) is 4.22. The van der Waals surface area contributed by atoms with Crippen molar-refractivity contribution in [3.05, 3.63) is 28.3 Å². The number of hydrogen-bond acceptors (Lipinski definition) is 4. The SMILES string of the molecule is Cc1cc(C)c(C)c(S(=O)(=O)N2CCC(C(=O)NCC3CCCO3)CC2)c1C. The van der Waals surface area contributed by atoms with Gasteiger partial charge in [-0.1, -0.05) is 6.07 Å². The van der Waals surface area contributed by atoms with E-state index < -0.39 is 10.0 Å². The van der Waals surface area contributed by atoms with Crippen molar-refractivity contribution in [3.63, 3.8) is 0 Å². The van der Waals surface area contributed by atoms with Crippen molar-refractivity contribution in [3.8, 4) is 0 Å². The van der Waals surface area contributed by atoms with Crippen LogP contribution in [-0.2, 0) is 19.6 Å². The maximum absolute atomic E-state index is 13.3. The maximum Gasteiger partial charge on any atom is 0.243 e. The first kappa shape index (κ1) is 21.3. The number of carbonyl (C=O) groups excluding carboxylic acids is 1. The second-order valence-corrected chi connectivity index (χ2v) is 10.0. The quantitative estimate of drug-likeness (QED) is 0.813. The minimum atomic E-state index is -3.56. The summed E-state index contributed by atoms with van der Waals surface area (Å²) in [7, 11) is -3.56. The van der Waals surface area contributed by atoms with Gasteiger partial charge in [-0.25, -0.2) is 8.42 Å². The molecule has 2 fully saturated rings. The highest BCUT2D eigenvalue weighted by molar-refractivity contribution is 7.89. The van der Waals surface area contributed by atoms with Crippen LogP contribution in [0.1, 0.15) is 47.9 Å². The van der Waals surface area contributed by atoms with E-state index in [2.05, 4.69) is 5.32 Å². The summed E-state index contributed by atoms with van der Waals surface area (Å²) in [5, 5.41) is 2.98. The van der Waals surface area contributed by atoms with E-state index in [1.165, 1.54) is 0 Å². The highest BCUT2D eigenvalue weighted by atomic mass is 32.2. The molecule has 0 bridgehead atoms. The average Bonchev–Trinajstić information content (AvgIpc) is 3.18. The third kappa shape index (κ3) is 4.26. The van der Waals surface area contributed by atoms with Crippen LogP contribution < -0.4 is 5.32 Å². The number of nitrogens with one attached hydrogen (secondary N) is 1. The summed E-state index contributed by atoms with van der Waals surface area (Å²) in [6.07, 6.45) is 3.28. The standard InChI is InChI=1S/C21H32N2O4S/c1-14-12-15(2)17(4)20(16(14)3)28(25,26)23-9-7-18(8-10-23)21(24)22-13-19-6-5-11-27-19/h12,18-19H,5-11,13H2,1-4H3,(H,22,24). The van der Waals surface area contributed by atoms with Crippen LogP contribution >= 0.6 is 0 Å². The topological polar surface area (TPSA) is 75.7 Å². The van der Waals surface area contributed by atoms with Crippen molar-refractivity contribution in [2.45, 2.75) is 64.4 Å². The number of carbonyl (C=O) groups is 1. The molecule has 0 radical (unpaired) electrons. The first-order valence-corrected chi connectivity index (χ1v) is 11.6. The van der Waals surface area contributed by atoms with Gasteiger partial charge in [0, 0.05) is 32.2 Å². The second-order valence-electron chi connectivity index (χ2n) is 8.15. The summed E-state index contributed by atoms with van der Waals surface area (Å²) in [6.45, 7) is 9.74. The Morgan fingerprint density at radius 2 is 1.71 bits per heavy atom. The number of ether oxygens (including phenoxy) is 1. The molecule has 2 heterocycles. The van der Waals surface area contributed by atoms with Crippen molar-refractivity contribution in [1.82, 2.24) is 9.62 Å². The molecule has 7 heteroatoms. The summed E-state index contributed by atoms with van der Waals surface area (Å²) in [5.74, 6) is -0.111. The Balaban J connectivity index is 1.65. The number of aryl methyl sites for hydroxylation is 2. The lowest BCUT2D eigenvalue weighted by molar-refractivity contribution is -0.126. The van der Waals surface area contributed by atoms with E-state index in [-0.39, 0.29) is 17.9 Å². The molecule has 1 atom stereocenters. The first-order chi connectivity index (χ1) is 13.2. The molecule has 28 heavy (non-hydrogen) atoms. The first-order valence-electron chi connectivity index (χ1n) is 10.2. The largest absolute Gasteiger partial charge is 0.376 e. The van der Waals surface area contributed by atoms with Crippen molar-refractivity contribution >= 4 is 15.9 Å². The lowest BCUT2D eigenvalue weighted by Crippen LogP contribution is -2.44. The van der Waals surface area contributed by atoms with E-state index in [4.69, 9.17) is 4.74 Å². The normalized spacial score (nSPS) is 21.8. The molecule has 0 saturated carbocycles. The average molecular weight is 409 g/mol. The lowest BCUT2D eigenvalue weighted by Gasteiger charge is -2.32. The summed E-state index contributed by atoms with van der Waals surface area (Å²) in [5.41, 5.74) is 3.62. The Bertz CT molecular complexity index is 810. The van der Waals surface area contributed by atoms with E-state index in [0.717, 1.165) is 41.7 Å². The summed E-state index contributed by atoms with van der Waals surface area (Å²) in [6, 6.07) is 2.04. The zero-order valence-corrected chi connectivity index (χ0v) is 18.2. The molecule has 156 valence electrons. The molecule has 0 aliphatic carbocycles. The van der Waals surface area contributed by atoms with Crippen LogP contribution in [-0.4, -0.2) is 51.0 Å². The molecule has 0 aromatic heterocycles. The van der Waals surface area contributed by atoms with E-state index in [0.29, 0.717) is 37.4 Å². The van der Waals surface area contributed by atoms with Crippen LogP contribution in [0.3, 0.4) is 0 Å². The van der Waals surface area contributed by atoms with Crippen LogP contribution in [0.15, 0.2) is 11.0 Å². The molecule has 2 aliphatic rings. The molecule has 0 spiro atoms. The number of sulfonamides is 1. The number of benzene rings is 1. The van der Waals surface area contributed by atoms with Crippen LogP contribution in [0.4, 0.5) is 0 Å². The molecule has 1 amide bonds. The smallest absolute Gasteiger partial charge is 0.243 e. The van der Waals surface area contributed by atoms with Gasteiger partial charge in [0.05, 0.1) is 11.0 Å². The summed E-state index contributed by atoms with van der Waals surface area (Å²) >= 11 is 0. The predicted octanol–water partition coefficient (Wildman–Crippen LogP) is 2.62. The lowest BCUT2D eigenvalue weighted by atomic mass is 9.97. The van der Waals surface area contributed by atoms with Gasteiger partial charge in [-0.15, -0.1) is 0 Å². The van der Waals surface area contributed by atoms with Crippen LogP contribution in [0.25, 0.3) is 0 Å². The number of nitrogens with zero attached hydrogens (tertiary/aromatic N) is 1. The van der Waals surface area contributed by atoms with E-state index in [1.54, 1.807) is 4.31 Å². The molecule has 1 N–H and O–H groups in total. The van der Waals surface area contributed by atoms with E-state index >= 15 is 0 Å². The second kappa shape index (κ2) is 8.51. The molecule has 6 nitrogen and oxygen atoms in total. The molecule has 1 aromatic rings. The van der Waals surface area contributed by atoms with Gasteiger partial charge in [0.25, 0.3) is 0 Å². The number of rotatable bonds is 5.